The fourth-order valence-electron chi connectivity index (χ4n) is 4.57. The summed E-state index contributed by atoms with van der Waals surface area (Å²) in [7, 11) is 3.53. The molecule has 1 atom stereocenters. The van der Waals surface area contributed by atoms with Gasteiger partial charge < -0.3 is 14.9 Å². The van der Waals surface area contributed by atoms with Gasteiger partial charge in [-0.3, -0.25) is 9.59 Å². The predicted octanol–water partition coefficient (Wildman–Crippen LogP) is 4.74. The third kappa shape index (κ3) is 7.56. The number of carbonyl (C=O) groups is 2. The molecule has 0 bridgehead atoms. The number of piperidine rings is 1. The Kier molecular flexibility index (Phi) is 10.4. The number of aliphatic carboxylic acids is 1. The number of nitrogens with zero attached hydrogens (tertiary/aromatic N) is 4. The van der Waals surface area contributed by atoms with Crippen molar-refractivity contribution in [2.45, 2.75) is 22.6 Å². The van der Waals surface area contributed by atoms with Gasteiger partial charge in [0.2, 0.25) is 5.91 Å². The highest BCUT2D eigenvalue weighted by Crippen LogP contribution is 2.40. The normalized spacial score (nSPS) is 18.2. The van der Waals surface area contributed by atoms with Gasteiger partial charge in [-0.2, -0.15) is 0 Å². The Labute approximate surface area is 246 Å². The molecule has 2 aliphatic heterocycles. The van der Waals surface area contributed by atoms with Crippen molar-refractivity contribution in [2.24, 2.45) is 5.92 Å². The van der Waals surface area contributed by atoms with Crippen molar-refractivity contribution in [3.63, 3.8) is 0 Å². The lowest BCUT2D eigenvalue weighted by molar-refractivity contribution is -0.142. The van der Waals surface area contributed by atoms with Crippen molar-refractivity contribution in [2.75, 3.05) is 58.3 Å². The van der Waals surface area contributed by atoms with E-state index < -0.39 is 17.1 Å². The second kappa shape index (κ2) is 13.5. The molecule has 39 heavy (non-hydrogen) atoms. The van der Waals surface area contributed by atoms with Crippen LogP contribution in [0.4, 0.5) is 5.69 Å². The van der Waals surface area contributed by atoms with E-state index in [1.165, 1.54) is 17.8 Å². The van der Waals surface area contributed by atoms with Crippen LogP contribution in [0.5, 0.6) is 0 Å². The molecule has 2 heterocycles. The number of carboxylic acids is 1. The zero-order valence-corrected chi connectivity index (χ0v) is 25.0. The van der Waals surface area contributed by atoms with Crippen LogP contribution in [0.1, 0.15) is 18.4 Å². The minimum Gasteiger partial charge on any atom is -0.481 e. The lowest BCUT2D eigenvalue weighted by atomic mass is 9.97. The van der Waals surface area contributed by atoms with Gasteiger partial charge in [0.25, 0.3) is 0 Å². The summed E-state index contributed by atoms with van der Waals surface area (Å²) in [6, 6.07) is 11.8. The zero-order chi connectivity index (χ0) is 28.1. The molecule has 2 aliphatic rings. The van der Waals surface area contributed by atoms with Gasteiger partial charge in [0.1, 0.15) is 0 Å². The molecule has 12 heteroatoms. The van der Waals surface area contributed by atoms with Crippen molar-refractivity contribution in [3.05, 3.63) is 58.1 Å². The van der Waals surface area contributed by atoms with E-state index in [2.05, 4.69) is 11.0 Å². The number of hydrogen-bond donors (Lipinski definition) is 1. The summed E-state index contributed by atoms with van der Waals surface area (Å²) >= 11 is 13.5. The minimum atomic E-state index is -1.19. The average Bonchev–Trinajstić information content (AvgIpc) is 2.94. The fourth-order valence-corrected chi connectivity index (χ4v) is 6.99. The second-order valence-electron chi connectivity index (χ2n) is 9.61. The van der Waals surface area contributed by atoms with Gasteiger partial charge in [0.15, 0.2) is 11.2 Å². The number of benzene rings is 2. The van der Waals surface area contributed by atoms with Crippen molar-refractivity contribution >= 4 is 69.8 Å². The third-order valence-corrected chi connectivity index (χ3v) is 10.3. The van der Waals surface area contributed by atoms with E-state index in [4.69, 9.17) is 23.2 Å². The lowest BCUT2D eigenvalue weighted by Crippen LogP contribution is -2.50. The molecular formula is C27H32Cl2N4O4S2. The van der Waals surface area contributed by atoms with Crippen LogP contribution in [-0.2, 0) is 20.8 Å². The molecule has 1 amide bonds. The van der Waals surface area contributed by atoms with Crippen LogP contribution in [0.2, 0.25) is 10.0 Å². The molecule has 0 aromatic heterocycles. The molecule has 8 nitrogen and oxygen atoms in total. The zero-order valence-electron chi connectivity index (χ0n) is 21.9. The second-order valence-corrected chi connectivity index (χ2v) is 13.2. The van der Waals surface area contributed by atoms with Gasteiger partial charge in [0, 0.05) is 74.9 Å². The first-order valence-corrected chi connectivity index (χ1v) is 15.3. The molecule has 0 saturated carbocycles. The van der Waals surface area contributed by atoms with Crippen molar-refractivity contribution in [1.82, 2.24) is 13.5 Å². The Balaban J connectivity index is 1.37. The van der Waals surface area contributed by atoms with Gasteiger partial charge in [-0.25, -0.2) is 12.8 Å². The summed E-state index contributed by atoms with van der Waals surface area (Å²) in [4.78, 5) is 29.7. The third-order valence-electron chi connectivity index (χ3n) is 6.82. The van der Waals surface area contributed by atoms with Crippen molar-refractivity contribution < 1.29 is 18.9 Å². The largest absolute Gasteiger partial charge is 0.481 e. The van der Waals surface area contributed by atoms with Gasteiger partial charge in [-0.1, -0.05) is 47.1 Å². The Bertz CT molecular complexity index is 1260. The maximum Gasteiger partial charge on any atom is 0.306 e. The summed E-state index contributed by atoms with van der Waals surface area (Å²) in [6.07, 6.45) is 4.45. The highest BCUT2D eigenvalue weighted by atomic mass is 35.5. The maximum atomic E-state index is 12.7. The van der Waals surface area contributed by atoms with E-state index >= 15 is 0 Å². The van der Waals surface area contributed by atoms with Crippen molar-refractivity contribution in [1.29, 1.82) is 0 Å². The molecule has 210 valence electrons. The smallest absolute Gasteiger partial charge is 0.306 e. The van der Waals surface area contributed by atoms with E-state index in [9.17, 15) is 18.9 Å². The van der Waals surface area contributed by atoms with Gasteiger partial charge in [-0.05, 0) is 48.7 Å². The lowest BCUT2D eigenvalue weighted by Gasteiger charge is -2.34. The SMILES string of the molecule is CN(C)S(=O)N1CCN(C(=O)/C=C/c2ccc(Sc3cccc(N4CCC(C(=O)O)CC4)c3)c(Cl)c2Cl)CC1. The molecule has 4 rings (SSSR count). The number of rotatable bonds is 8. The molecule has 2 aromatic carbocycles. The number of amides is 1. The summed E-state index contributed by atoms with van der Waals surface area (Å²) in [5, 5.41) is 10.1. The number of hydrogen-bond acceptors (Lipinski definition) is 5. The van der Waals surface area contributed by atoms with Crippen LogP contribution >= 0.6 is 35.0 Å². The van der Waals surface area contributed by atoms with Crippen LogP contribution in [0.3, 0.4) is 0 Å². The first kappa shape index (κ1) is 29.9. The first-order chi connectivity index (χ1) is 18.6. The highest BCUT2D eigenvalue weighted by molar-refractivity contribution is 7.99. The van der Waals surface area contributed by atoms with E-state index in [1.54, 1.807) is 29.4 Å². The number of carboxylic acid groups (broad SMARTS) is 1. The fraction of sp³-hybridized carbons (Fsp3) is 0.407. The predicted molar refractivity (Wildman–Crippen MR) is 159 cm³/mol. The Morgan fingerprint density at radius 2 is 1.72 bits per heavy atom. The Morgan fingerprint density at radius 1 is 1.03 bits per heavy atom. The van der Waals surface area contributed by atoms with Crippen LogP contribution < -0.4 is 4.90 Å². The molecular weight excluding hydrogens is 579 g/mol. The summed E-state index contributed by atoms with van der Waals surface area (Å²) in [5.74, 6) is -1.11. The molecule has 2 saturated heterocycles. The Morgan fingerprint density at radius 3 is 2.36 bits per heavy atom. The number of anilines is 1. The maximum absolute atomic E-state index is 12.7. The van der Waals surface area contributed by atoms with Gasteiger partial charge in [0.05, 0.1) is 16.0 Å². The van der Waals surface area contributed by atoms with Gasteiger partial charge in [-0.15, -0.1) is 0 Å². The molecule has 0 spiro atoms. The number of halogens is 2. The van der Waals surface area contributed by atoms with E-state index in [0.29, 0.717) is 67.7 Å². The molecule has 1 unspecified atom stereocenters. The van der Waals surface area contributed by atoms with E-state index in [0.717, 1.165) is 15.5 Å². The average molecular weight is 612 g/mol. The topological polar surface area (TPSA) is 84.4 Å². The number of piperazine rings is 1. The Hall–Kier alpha value is -2.08. The van der Waals surface area contributed by atoms with Crippen LogP contribution in [-0.4, -0.2) is 88.1 Å². The summed E-state index contributed by atoms with van der Waals surface area (Å²) in [6.45, 7) is 3.52. The van der Waals surface area contributed by atoms with Crippen LogP contribution in [0.25, 0.3) is 6.08 Å². The van der Waals surface area contributed by atoms with Crippen molar-refractivity contribution in [3.8, 4) is 0 Å². The number of carbonyl (C=O) groups excluding carboxylic acids is 1. The molecule has 2 fully saturated rings. The molecule has 0 aliphatic carbocycles. The van der Waals surface area contributed by atoms with Crippen LogP contribution in [0, 0.1) is 5.92 Å². The van der Waals surface area contributed by atoms with E-state index in [1.807, 2.05) is 34.6 Å². The molecule has 2 aromatic rings. The molecule has 1 N–H and O–H groups in total. The summed E-state index contributed by atoms with van der Waals surface area (Å²) in [5.41, 5.74) is 1.71. The minimum absolute atomic E-state index is 0.125. The monoisotopic (exact) mass is 610 g/mol. The molecule has 0 radical (unpaired) electrons. The highest BCUT2D eigenvalue weighted by Gasteiger charge is 2.25. The van der Waals surface area contributed by atoms with Gasteiger partial charge >= 0.3 is 5.97 Å². The summed E-state index contributed by atoms with van der Waals surface area (Å²) < 4.78 is 15.7. The first-order valence-electron chi connectivity index (χ1n) is 12.7. The van der Waals surface area contributed by atoms with E-state index in [-0.39, 0.29) is 11.8 Å². The quantitative estimate of drug-likeness (QED) is 0.435. The van der Waals surface area contributed by atoms with Crippen LogP contribution in [0.15, 0.2) is 52.3 Å². The standard InChI is InChI=1S/C27H32Cl2N4O4S2/c1-30(2)39(37)33-16-14-32(15-17-33)24(34)9-7-19-6-8-23(26(29)25(19)28)38-22-5-3-4-21(18-22)31-12-10-20(11-13-31)27(35)36/h3-9,18,20H,10-17H2,1-2H3,(H,35,36)/b9-7+.